The predicted molar refractivity (Wildman–Crippen MR) is 127 cm³/mol. The number of fused-ring (bicyclic) bond motifs is 1. The van der Waals surface area contributed by atoms with Gasteiger partial charge in [-0.1, -0.05) is 11.6 Å². The monoisotopic (exact) mass is 540 g/mol. The molecule has 1 aliphatic carbocycles. The second-order valence-corrected chi connectivity index (χ2v) is 9.05. The molecular weight excluding hydrogens is 517 g/mol. The lowest BCUT2D eigenvalue weighted by Crippen LogP contribution is -2.31. The minimum Gasteiger partial charge on any atom is -0.431 e. The summed E-state index contributed by atoms with van der Waals surface area (Å²) >= 11 is 5.37. The van der Waals surface area contributed by atoms with E-state index in [1.165, 1.54) is 6.20 Å². The molecule has 0 unspecified atom stereocenters. The highest BCUT2D eigenvalue weighted by Crippen LogP contribution is 2.32. The van der Waals surface area contributed by atoms with Crippen molar-refractivity contribution in [3.63, 3.8) is 0 Å². The molecule has 2 aliphatic rings. The molecule has 0 bridgehead atoms. The standard InChI is InChI=1S/C23H24ClF3N6O4/c24-11-36-23(34)37-15-3-1-13(2-4-15)29-21-28-9-18-20(32-21)33(14-5-6-35-10-14)22(30-18)31-19-16(26)7-12(25)8-17(19)27/h7-9,13-15H,1-6,10-11H2,(H,30,31)(H,28,29,32)/t13?,14-,15?/m0/s1. The fourth-order valence-electron chi connectivity index (χ4n) is 4.62. The van der Waals surface area contributed by atoms with Crippen LogP contribution in [0.4, 0.5) is 35.5 Å². The molecule has 0 amide bonds. The Bertz CT molecular complexity index is 1260. The number of anilines is 3. The number of rotatable bonds is 7. The molecule has 2 aromatic heterocycles. The third-order valence-electron chi connectivity index (χ3n) is 6.39. The quantitative estimate of drug-likeness (QED) is 0.315. The summed E-state index contributed by atoms with van der Waals surface area (Å²) in [6.45, 7) is 0.889. The molecule has 2 fully saturated rings. The summed E-state index contributed by atoms with van der Waals surface area (Å²) in [6, 6.07) is 0.804. The van der Waals surface area contributed by atoms with Crippen LogP contribution in [0.25, 0.3) is 11.2 Å². The van der Waals surface area contributed by atoms with Crippen LogP contribution < -0.4 is 10.6 Å². The van der Waals surface area contributed by atoms with Crippen LogP contribution >= 0.6 is 11.6 Å². The maximum atomic E-state index is 14.3. The highest BCUT2D eigenvalue weighted by atomic mass is 35.5. The van der Waals surface area contributed by atoms with Crippen LogP contribution in [-0.2, 0) is 14.2 Å². The average molecular weight is 541 g/mol. The summed E-state index contributed by atoms with van der Waals surface area (Å²) in [7, 11) is 0. The molecule has 0 spiro atoms. The number of nitrogens with zero attached hydrogens (tertiary/aromatic N) is 4. The van der Waals surface area contributed by atoms with Gasteiger partial charge in [0.2, 0.25) is 11.9 Å². The van der Waals surface area contributed by atoms with Gasteiger partial charge in [-0.25, -0.2) is 27.9 Å². The van der Waals surface area contributed by atoms with E-state index in [9.17, 15) is 18.0 Å². The largest absolute Gasteiger partial charge is 0.509 e. The number of hydrogen-bond donors (Lipinski definition) is 2. The number of imidazole rings is 1. The lowest BCUT2D eigenvalue weighted by atomic mass is 9.93. The summed E-state index contributed by atoms with van der Waals surface area (Å²) < 4.78 is 59.1. The van der Waals surface area contributed by atoms with Crippen LogP contribution in [0.5, 0.6) is 0 Å². The Labute approximate surface area is 214 Å². The van der Waals surface area contributed by atoms with Gasteiger partial charge in [0.05, 0.1) is 18.8 Å². The van der Waals surface area contributed by atoms with Gasteiger partial charge in [-0.2, -0.15) is 4.98 Å². The van der Waals surface area contributed by atoms with Gasteiger partial charge in [0.15, 0.2) is 23.3 Å². The van der Waals surface area contributed by atoms with Gasteiger partial charge in [-0.05, 0) is 32.1 Å². The first-order chi connectivity index (χ1) is 17.9. The molecular formula is C23H24ClF3N6O4. The van der Waals surface area contributed by atoms with E-state index in [0.29, 0.717) is 74.6 Å². The fourth-order valence-corrected chi connectivity index (χ4v) is 4.70. The number of benzene rings is 1. The normalized spacial score (nSPS) is 21.7. The summed E-state index contributed by atoms with van der Waals surface area (Å²) in [6.07, 6.45) is 3.84. The molecule has 1 atom stereocenters. The molecule has 198 valence electrons. The molecule has 3 heterocycles. The topological polar surface area (TPSA) is 112 Å². The van der Waals surface area contributed by atoms with Gasteiger partial charge >= 0.3 is 6.16 Å². The third-order valence-corrected chi connectivity index (χ3v) is 6.50. The minimum atomic E-state index is -1.08. The molecule has 1 saturated carbocycles. The highest BCUT2D eigenvalue weighted by molar-refractivity contribution is 6.17. The van der Waals surface area contributed by atoms with Crippen molar-refractivity contribution in [2.45, 2.75) is 50.3 Å². The highest BCUT2D eigenvalue weighted by Gasteiger charge is 2.28. The van der Waals surface area contributed by atoms with E-state index in [4.69, 9.17) is 21.1 Å². The zero-order chi connectivity index (χ0) is 25.9. The average Bonchev–Trinajstić information content (AvgIpc) is 3.50. The number of halogens is 4. The summed E-state index contributed by atoms with van der Waals surface area (Å²) in [5, 5.41) is 5.97. The Morgan fingerprint density at radius 2 is 1.89 bits per heavy atom. The Hall–Kier alpha value is -3.32. The molecule has 10 nitrogen and oxygen atoms in total. The van der Waals surface area contributed by atoms with Crippen molar-refractivity contribution in [2.24, 2.45) is 0 Å². The number of ether oxygens (including phenoxy) is 3. The molecule has 1 aliphatic heterocycles. The van der Waals surface area contributed by atoms with E-state index in [1.807, 2.05) is 0 Å². The second-order valence-electron chi connectivity index (χ2n) is 8.83. The summed E-state index contributed by atoms with van der Waals surface area (Å²) in [4.78, 5) is 24.9. The maximum absolute atomic E-state index is 14.3. The first-order valence-corrected chi connectivity index (χ1v) is 12.3. The Kier molecular flexibility index (Phi) is 7.51. The van der Waals surface area contributed by atoms with Crippen molar-refractivity contribution < 1.29 is 32.2 Å². The maximum Gasteiger partial charge on any atom is 0.509 e. The number of carbonyl (C=O) groups excluding carboxylic acids is 1. The number of alkyl halides is 1. The van der Waals surface area contributed by atoms with E-state index in [0.717, 1.165) is 0 Å². The van der Waals surface area contributed by atoms with Crippen molar-refractivity contribution in [2.75, 3.05) is 29.9 Å². The first kappa shape index (κ1) is 25.3. The van der Waals surface area contributed by atoms with E-state index in [-0.39, 0.29) is 30.2 Å². The van der Waals surface area contributed by atoms with Gasteiger partial charge < -0.3 is 24.8 Å². The fraction of sp³-hybridized carbons (Fsp3) is 0.478. The molecule has 37 heavy (non-hydrogen) atoms. The van der Waals surface area contributed by atoms with Gasteiger partial charge in [0, 0.05) is 24.8 Å². The number of hydrogen-bond acceptors (Lipinski definition) is 9. The van der Waals surface area contributed by atoms with E-state index >= 15 is 0 Å². The van der Waals surface area contributed by atoms with E-state index in [2.05, 4.69) is 30.3 Å². The Morgan fingerprint density at radius 3 is 2.57 bits per heavy atom. The Balaban J connectivity index is 1.36. The number of aromatic nitrogens is 4. The van der Waals surface area contributed by atoms with Crippen molar-refractivity contribution >= 4 is 46.5 Å². The van der Waals surface area contributed by atoms with E-state index in [1.54, 1.807) is 4.57 Å². The molecule has 0 radical (unpaired) electrons. The van der Waals surface area contributed by atoms with Crippen LogP contribution in [0.3, 0.4) is 0 Å². The lowest BCUT2D eigenvalue weighted by Gasteiger charge is -2.28. The van der Waals surface area contributed by atoms with Gasteiger partial charge in [0.1, 0.15) is 23.1 Å². The SMILES string of the molecule is O=C(OCCl)OC1CCC(Nc2ncc3nc(Nc4c(F)cc(F)cc4F)n([C@H]4CCOC4)c3n2)CC1. The van der Waals surface area contributed by atoms with Gasteiger partial charge in [-0.15, -0.1) is 0 Å². The van der Waals surface area contributed by atoms with Crippen LogP contribution in [0.2, 0.25) is 0 Å². The summed E-state index contributed by atoms with van der Waals surface area (Å²) in [5.41, 5.74) is 0.356. The molecule has 1 aromatic carbocycles. The van der Waals surface area contributed by atoms with Gasteiger partial charge in [0.25, 0.3) is 0 Å². The van der Waals surface area contributed by atoms with Crippen LogP contribution in [0.15, 0.2) is 18.3 Å². The molecule has 3 aromatic rings. The number of nitrogens with one attached hydrogen (secondary N) is 2. The predicted octanol–water partition coefficient (Wildman–Crippen LogP) is 5.02. The lowest BCUT2D eigenvalue weighted by molar-refractivity contribution is 0.0184. The third kappa shape index (κ3) is 5.67. The second kappa shape index (κ2) is 11.0. The van der Waals surface area contributed by atoms with E-state index < -0.39 is 29.3 Å². The minimum absolute atomic E-state index is 0.0486. The van der Waals surface area contributed by atoms with Crippen LogP contribution in [0, 0.1) is 17.5 Å². The van der Waals surface area contributed by atoms with Crippen LogP contribution in [0.1, 0.15) is 38.1 Å². The first-order valence-electron chi connectivity index (χ1n) is 11.8. The smallest absolute Gasteiger partial charge is 0.431 e. The molecule has 5 rings (SSSR count). The summed E-state index contributed by atoms with van der Waals surface area (Å²) in [5.74, 6) is -2.67. The molecule has 14 heteroatoms. The van der Waals surface area contributed by atoms with Crippen LogP contribution in [-0.4, -0.2) is 57.1 Å². The number of carbonyl (C=O) groups is 1. The zero-order valence-corrected chi connectivity index (χ0v) is 20.3. The van der Waals surface area contributed by atoms with Crippen molar-refractivity contribution in [1.29, 1.82) is 0 Å². The van der Waals surface area contributed by atoms with Crippen molar-refractivity contribution in [3.8, 4) is 0 Å². The Morgan fingerprint density at radius 1 is 1.14 bits per heavy atom. The van der Waals surface area contributed by atoms with Gasteiger partial charge in [-0.3, -0.25) is 4.57 Å². The zero-order valence-electron chi connectivity index (χ0n) is 19.6. The molecule has 1 saturated heterocycles. The molecule has 2 N–H and O–H groups in total. The van der Waals surface area contributed by atoms with Crippen molar-refractivity contribution in [1.82, 2.24) is 19.5 Å². The van der Waals surface area contributed by atoms with Crippen molar-refractivity contribution in [3.05, 3.63) is 35.8 Å².